The van der Waals surface area contributed by atoms with Crippen LogP contribution >= 0.6 is 11.3 Å². The van der Waals surface area contributed by atoms with Crippen molar-refractivity contribution in [3.63, 3.8) is 0 Å². The summed E-state index contributed by atoms with van der Waals surface area (Å²) in [6.07, 6.45) is 3.59. The summed E-state index contributed by atoms with van der Waals surface area (Å²) in [6, 6.07) is 15.1. The average Bonchev–Trinajstić information content (AvgIpc) is 3.16. The number of benzene rings is 2. The molecule has 0 aliphatic rings. The Morgan fingerprint density at radius 3 is 2.67 bits per heavy atom. The number of rotatable bonds is 5. The topological polar surface area (TPSA) is 61.3 Å². The van der Waals surface area contributed by atoms with Gasteiger partial charge in [-0.25, -0.2) is 4.98 Å². The van der Waals surface area contributed by atoms with Crippen molar-refractivity contribution < 1.29 is 14.3 Å². The van der Waals surface area contributed by atoms with Crippen LogP contribution in [0, 0.1) is 0 Å². The van der Waals surface area contributed by atoms with Crippen molar-refractivity contribution in [2.75, 3.05) is 7.11 Å². The van der Waals surface area contributed by atoms with Crippen molar-refractivity contribution in [1.29, 1.82) is 0 Å². The smallest absolute Gasteiger partial charge is 0.317 e. The number of thiazole rings is 1. The standard InChI is InChI=1S/C21H16N2O3S/c1-25-18-6-4-14-5-7-19(10-16(14)9-18)26-20(24)11-17-13-27-21(23-17)15-3-2-8-22-12-15/h2-10,12-13H,11H2,1H3. The van der Waals surface area contributed by atoms with Gasteiger partial charge in [0.15, 0.2) is 0 Å². The summed E-state index contributed by atoms with van der Waals surface area (Å²) in [6.45, 7) is 0. The first-order valence-corrected chi connectivity index (χ1v) is 9.22. The van der Waals surface area contributed by atoms with E-state index >= 15 is 0 Å². The number of aromatic nitrogens is 2. The van der Waals surface area contributed by atoms with Crippen LogP contribution in [0.15, 0.2) is 66.3 Å². The van der Waals surface area contributed by atoms with Crippen LogP contribution in [0.4, 0.5) is 0 Å². The number of fused-ring (bicyclic) bond motifs is 1. The van der Waals surface area contributed by atoms with Gasteiger partial charge in [0.05, 0.1) is 19.2 Å². The molecule has 5 nitrogen and oxygen atoms in total. The third-order valence-corrected chi connectivity index (χ3v) is 4.98. The van der Waals surface area contributed by atoms with Gasteiger partial charge in [-0.15, -0.1) is 11.3 Å². The average molecular weight is 376 g/mol. The molecule has 134 valence electrons. The van der Waals surface area contributed by atoms with Crippen molar-refractivity contribution in [3.8, 4) is 22.1 Å². The molecule has 0 atom stereocenters. The van der Waals surface area contributed by atoms with Crippen LogP contribution in [0.25, 0.3) is 21.3 Å². The Hall–Kier alpha value is -3.25. The minimum absolute atomic E-state index is 0.118. The van der Waals surface area contributed by atoms with E-state index < -0.39 is 0 Å². The molecular weight excluding hydrogens is 360 g/mol. The maximum atomic E-state index is 12.3. The molecule has 4 aromatic rings. The third kappa shape index (κ3) is 3.96. The summed E-state index contributed by atoms with van der Waals surface area (Å²) < 4.78 is 10.7. The van der Waals surface area contributed by atoms with E-state index in [4.69, 9.17) is 9.47 Å². The van der Waals surface area contributed by atoms with Crippen molar-refractivity contribution >= 4 is 28.1 Å². The summed E-state index contributed by atoms with van der Waals surface area (Å²) in [5.41, 5.74) is 1.62. The van der Waals surface area contributed by atoms with E-state index in [-0.39, 0.29) is 12.4 Å². The molecule has 27 heavy (non-hydrogen) atoms. The molecule has 0 amide bonds. The molecule has 2 aromatic heterocycles. The highest BCUT2D eigenvalue weighted by molar-refractivity contribution is 7.13. The second-order valence-corrected chi connectivity index (χ2v) is 6.77. The Kier molecular flexibility index (Phi) is 4.80. The molecule has 2 aromatic carbocycles. The van der Waals surface area contributed by atoms with Gasteiger partial charge in [-0.2, -0.15) is 0 Å². The molecule has 6 heteroatoms. The monoisotopic (exact) mass is 376 g/mol. The van der Waals surface area contributed by atoms with Crippen LogP contribution in [-0.2, 0) is 11.2 Å². The molecule has 0 unspecified atom stereocenters. The molecule has 0 aliphatic carbocycles. The number of pyridine rings is 1. The Morgan fingerprint density at radius 2 is 1.89 bits per heavy atom. The van der Waals surface area contributed by atoms with Crippen molar-refractivity contribution in [2.24, 2.45) is 0 Å². The second-order valence-electron chi connectivity index (χ2n) is 5.91. The summed E-state index contributed by atoms with van der Waals surface area (Å²) in [5.74, 6) is 0.917. The van der Waals surface area contributed by atoms with Crippen LogP contribution in [0.5, 0.6) is 11.5 Å². The van der Waals surface area contributed by atoms with E-state index in [9.17, 15) is 4.79 Å². The Balaban J connectivity index is 1.46. The number of carbonyl (C=O) groups excluding carboxylic acids is 1. The normalized spacial score (nSPS) is 10.7. The minimum Gasteiger partial charge on any atom is -0.497 e. The quantitative estimate of drug-likeness (QED) is 0.379. The van der Waals surface area contributed by atoms with Gasteiger partial charge in [-0.05, 0) is 47.2 Å². The molecule has 0 saturated heterocycles. The zero-order chi connectivity index (χ0) is 18.6. The first kappa shape index (κ1) is 17.2. The highest BCUT2D eigenvalue weighted by Crippen LogP contribution is 2.26. The maximum absolute atomic E-state index is 12.3. The fourth-order valence-corrected chi connectivity index (χ4v) is 3.53. The number of nitrogens with zero attached hydrogens (tertiary/aromatic N) is 2. The summed E-state index contributed by atoms with van der Waals surface area (Å²) in [5, 5.41) is 4.71. The number of hydrogen-bond donors (Lipinski definition) is 0. The molecule has 0 bridgehead atoms. The van der Waals surface area contributed by atoms with Crippen molar-refractivity contribution in [3.05, 3.63) is 72.0 Å². The van der Waals surface area contributed by atoms with Gasteiger partial charge in [0.1, 0.15) is 16.5 Å². The van der Waals surface area contributed by atoms with Crippen LogP contribution in [0.3, 0.4) is 0 Å². The maximum Gasteiger partial charge on any atom is 0.317 e. The number of hydrogen-bond acceptors (Lipinski definition) is 6. The Morgan fingerprint density at radius 1 is 1.07 bits per heavy atom. The predicted molar refractivity (Wildman–Crippen MR) is 105 cm³/mol. The van der Waals surface area contributed by atoms with E-state index in [0.717, 1.165) is 27.1 Å². The molecule has 0 fully saturated rings. The number of ether oxygens (including phenoxy) is 2. The molecule has 0 saturated carbocycles. The fraction of sp³-hybridized carbons (Fsp3) is 0.0952. The SMILES string of the molecule is COc1ccc2ccc(OC(=O)Cc3csc(-c4cccnc4)n3)cc2c1. The lowest BCUT2D eigenvalue weighted by Gasteiger charge is -2.06. The number of carbonyl (C=O) groups is 1. The second kappa shape index (κ2) is 7.55. The first-order valence-electron chi connectivity index (χ1n) is 8.34. The lowest BCUT2D eigenvalue weighted by atomic mass is 10.1. The molecule has 0 spiro atoms. The van der Waals surface area contributed by atoms with Gasteiger partial charge in [-0.3, -0.25) is 9.78 Å². The molecule has 2 heterocycles. The number of methoxy groups -OCH3 is 1. The van der Waals surface area contributed by atoms with E-state index in [1.165, 1.54) is 11.3 Å². The lowest BCUT2D eigenvalue weighted by molar-refractivity contribution is -0.133. The van der Waals surface area contributed by atoms with E-state index in [2.05, 4.69) is 9.97 Å². The molecule has 0 radical (unpaired) electrons. The summed E-state index contributed by atoms with van der Waals surface area (Å²) in [4.78, 5) is 20.9. The van der Waals surface area contributed by atoms with Crippen molar-refractivity contribution in [1.82, 2.24) is 9.97 Å². The zero-order valence-corrected chi connectivity index (χ0v) is 15.4. The van der Waals surface area contributed by atoms with Crippen LogP contribution in [0.2, 0.25) is 0 Å². The largest absolute Gasteiger partial charge is 0.497 e. The van der Waals surface area contributed by atoms with Gasteiger partial charge < -0.3 is 9.47 Å². The minimum atomic E-state index is -0.347. The van der Waals surface area contributed by atoms with Gasteiger partial charge in [0, 0.05) is 23.3 Å². The van der Waals surface area contributed by atoms with Gasteiger partial charge in [0.2, 0.25) is 0 Å². The summed E-state index contributed by atoms with van der Waals surface area (Å²) in [7, 11) is 1.62. The highest BCUT2D eigenvalue weighted by atomic mass is 32.1. The number of esters is 1. The van der Waals surface area contributed by atoms with Gasteiger partial charge >= 0.3 is 5.97 Å². The van der Waals surface area contributed by atoms with E-state index in [1.807, 2.05) is 47.8 Å². The Bertz CT molecular complexity index is 1090. The predicted octanol–water partition coefficient (Wildman–Crippen LogP) is 4.52. The summed E-state index contributed by atoms with van der Waals surface area (Å²) >= 11 is 1.48. The van der Waals surface area contributed by atoms with E-state index in [1.54, 1.807) is 25.6 Å². The van der Waals surface area contributed by atoms with E-state index in [0.29, 0.717) is 11.4 Å². The first-order chi connectivity index (χ1) is 13.2. The molecule has 0 N–H and O–H groups in total. The van der Waals surface area contributed by atoms with Crippen molar-refractivity contribution in [2.45, 2.75) is 6.42 Å². The van der Waals surface area contributed by atoms with Crippen LogP contribution in [0.1, 0.15) is 5.69 Å². The fourth-order valence-electron chi connectivity index (χ4n) is 2.72. The zero-order valence-electron chi connectivity index (χ0n) is 14.6. The van der Waals surface area contributed by atoms with Gasteiger partial charge in [0.25, 0.3) is 0 Å². The van der Waals surface area contributed by atoms with Crippen LogP contribution in [-0.4, -0.2) is 23.0 Å². The van der Waals surface area contributed by atoms with Gasteiger partial charge in [-0.1, -0.05) is 12.1 Å². The molecular formula is C21H16N2O3S. The molecule has 0 aliphatic heterocycles. The van der Waals surface area contributed by atoms with Crippen LogP contribution < -0.4 is 9.47 Å². The highest BCUT2D eigenvalue weighted by Gasteiger charge is 2.11. The lowest BCUT2D eigenvalue weighted by Crippen LogP contribution is -2.11. The Labute approximate surface area is 160 Å². The molecule has 4 rings (SSSR count). The third-order valence-electron chi connectivity index (χ3n) is 4.04.